The minimum absolute atomic E-state index is 0.0153. The van der Waals surface area contributed by atoms with Crippen LogP contribution in [0.5, 0.6) is 11.5 Å². The van der Waals surface area contributed by atoms with Gasteiger partial charge in [-0.1, -0.05) is 24.3 Å². The average molecular weight is 351 g/mol. The van der Waals surface area contributed by atoms with Gasteiger partial charge in [0.05, 0.1) is 5.41 Å². The van der Waals surface area contributed by atoms with Crippen LogP contribution < -0.4 is 4.74 Å². The molecule has 4 heteroatoms. The van der Waals surface area contributed by atoms with Crippen LogP contribution in [0.1, 0.15) is 43.5 Å². The molecule has 0 aromatic heterocycles. The van der Waals surface area contributed by atoms with E-state index in [2.05, 4.69) is 30.1 Å². The van der Waals surface area contributed by atoms with Crippen LogP contribution in [0, 0.1) is 5.41 Å². The Morgan fingerprint density at radius 3 is 2.69 bits per heavy atom. The largest absolute Gasteiger partial charge is 0.504 e. The topological polar surface area (TPSA) is 49.8 Å². The quantitative estimate of drug-likeness (QED) is 0.621. The number of esters is 1. The number of fused-ring (bicyclic) bond motifs is 2. The number of hydrogen-bond donors (Lipinski definition) is 1. The summed E-state index contributed by atoms with van der Waals surface area (Å²) in [5.74, 6) is -0.0330. The van der Waals surface area contributed by atoms with Gasteiger partial charge in [0.2, 0.25) is 0 Å². The molecular formula is C22H25NO3. The number of hydrogen-bond acceptors (Lipinski definition) is 4. The molecule has 0 amide bonds. The summed E-state index contributed by atoms with van der Waals surface area (Å²) in [6.07, 6.45) is 1.87. The first-order valence-electron chi connectivity index (χ1n) is 9.17. The minimum atomic E-state index is -0.636. The van der Waals surface area contributed by atoms with Crippen LogP contribution in [0.2, 0.25) is 0 Å². The molecule has 2 aromatic rings. The summed E-state index contributed by atoms with van der Waals surface area (Å²) in [5, 5.41) is 10.5. The Hall–Kier alpha value is -2.33. The SMILES string of the molecule is CN1CCc2cccc3c2C1Cc1ccc(O)c(OC(=O)C(C)(C)C)c1-3. The van der Waals surface area contributed by atoms with Crippen molar-refractivity contribution in [2.24, 2.45) is 5.41 Å². The lowest BCUT2D eigenvalue weighted by Gasteiger charge is -2.40. The minimum Gasteiger partial charge on any atom is -0.504 e. The zero-order valence-corrected chi connectivity index (χ0v) is 15.8. The average Bonchev–Trinajstić information content (AvgIpc) is 2.59. The summed E-state index contributed by atoms with van der Waals surface area (Å²) in [6, 6.07) is 10.3. The van der Waals surface area contributed by atoms with Crippen molar-refractivity contribution in [2.45, 2.75) is 39.7 Å². The molecule has 1 unspecified atom stereocenters. The van der Waals surface area contributed by atoms with E-state index in [4.69, 9.17) is 4.74 Å². The van der Waals surface area contributed by atoms with Gasteiger partial charge in [-0.05, 0) is 69.0 Å². The summed E-state index contributed by atoms with van der Waals surface area (Å²) in [4.78, 5) is 14.9. The zero-order valence-electron chi connectivity index (χ0n) is 15.8. The summed E-state index contributed by atoms with van der Waals surface area (Å²) >= 11 is 0. The summed E-state index contributed by atoms with van der Waals surface area (Å²) in [7, 11) is 2.16. The van der Waals surface area contributed by atoms with E-state index in [0.717, 1.165) is 36.1 Å². The van der Waals surface area contributed by atoms with Gasteiger partial charge in [-0.2, -0.15) is 0 Å². The van der Waals surface area contributed by atoms with Gasteiger partial charge in [0.1, 0.15) is 0 Å². The number of carbonyl (C=O) groups is 1. The Morgan fingerprint density at radius 1 is 1.19 bits per heavy atom. The maximum Gasteiger partial charge on any atom is 0.316 e. The van der Waals surface area contributed by atoms with Crippen LogP contribution in [0.25, 0.3) is 11.1 Å². The van der Waals surface area contributed by atoms with Gasteiger partial charge in [-0.25, -0.2) is 0 Å². The molecule has 0 spiro atoms. The highest BCUT2D eigenvalue weighted by Gasteiger charge is 2.35. The van der Waals surface area contributed by atoms with Crippen molar-refractivity contribution in [2.75, 3.05) is 13.6 Å². The molecule has 0 saturated heterocycles. The third kappa shape index (κ3) is 2.60. The third-order valence-corrected chi connectivity index (χ3v) is 5.51. The number of phenols is 1. The van der Waals surface area contributed by atoms with E-state index >= 15 is 0 Å². The smallest absolute Gasteiger partial charge is 0.316 e. The van der Waals surface area contributed by atoms with Crippen molar-refractivity contribution < 1.29 is 14.6 Å². The molecule has 1 aliphatic carbocycles. The van der Waals surface area contributed by atoms with Crippen LogP contribution in [0.15, 0.2) is 30.3 Å². The number of phenolic OH excluding ortho intramolecular Hbond substituents is 1. The first-order chi connectivity index (χ1) is 12.3. The first kappa shape index (κ1) is 17.1. The molecule has 2 aliphatic rings. The van der Waals surface area contributed by atoms with E-state index in [-0.39, 0.29) is 11.7 Å². The Morgan fingerprint density at radius 2 is 1.96 bits per heavy atom. The molecule has 2 aromatic carbocycles. The fraction of sp³-hybridized carbons (Fsp3) is 0.409. The van der Waals surface area contributed by atoms with E-state index in [0.29, 0.717) is 11.8 Å². The standard InChI is InChI=1S/C22H25NO3/c1-22(2,3)21(25)26-20-17(24)9-8-14-12-16-18-13(10-11-23(16)4)6-5-7-15(18)19(14)20/h5-9,16,24H,10-12H2,1-4H3. The first-order valence-corrected chi connectivity index (χ1v) is 9.17. The van der Waals surface area contributed by atoms with Crippen molar-refractivity contribution in [3.05, 3.63) is 47.0 Å². The third-order valence-electron chi connectivity index (χ3n) is 5.51. The lowest BCUT2D eigenvalue weighted by molar-refractivity contribution is -0.143. The van der Waals surface area contributed by atoms with Crippen molar-refractivity contribution in [1.82, 2.24) is 4.90 Å². The van der Waals surface area contributed by atoms with Gasteiger partial charge in [0.25, 0.3) is 0 Å². The van der Waals surface area contributed by atoms with Crippen molar-refractivity contribution >= 4 is 5.97 Å². The van der Waals surface area contributed by atoms with Crippen LogP contribution in [-0.4, -0.2) is 29.6 Å². The Balaban J connectivity index is 1.91. The van der Waals surface area contributed by atoms with Crippen LogP contribution >= 0.6 is 0 Å². The van der Waals surface area contributed by atoms with Crippen molar-refractivity contribution in [3.8, 4) is 22.6 Å². The predicted molar refractivity (Wildman–Crippen MR) is 101 cm³/mol. The molecule has 136 valence electrons. The number of aromatic hydroxyl groups is 1. The van der Waals surface area contributed by atoms with Crippen molar-refractivity contribution in [1.29, 1.82) is 0 Å². The number of nitrogens with zero attached hydrogens (tertiary/aromatic N) is 1. The maximum atomic E-state index is 12.5. The fourth-order valence-electron chi connectivity index (χ4n) is 4.01. The highest BCUT2D eigenvalue weighted by Crippen LogP contribution is 2.50. The van der Waals surface area contributed by atoms with Gasteiger partial charge in [-0.15, -0.1) is 0 Å². The molecule has 1 heterocycles. The van der Waals surface area contributed by atoms with Crippen LogP contribution in [0.4, 0.5) is 0 Å². The second kappa shape index (κ2) is 5.85. The van der Waals surface area contributed by atoms with Crippen LogP contribution in [-0.2, 0) is 17.6 Å². The van der Waals surface area contributed by atoms with Crippen LogP contribution in [0.3, 0.4) is 0 Å². The molecule has 26 heavy (non-hydrogen) atoms. The summed E-state index contributed by atoms with van der Waals surface area (Å²) in [6.45, 7) is 6.49. The van der Waals surface area contributed by atoms with E-state index in [1.807, 2.05) is 26.8 Å². The number of ether oxygens (including phenoxy) is 1. The second-order valence-electron chi connectivity index (χ2n) is 8.42. The zero-order chi connectivity index (χ0) is 18.6. The predicted octanol–water partition coefficient (Wildman–Crippen LogP) is 4.10. The van der Waals surface area contributed by atoms with Gasteiger partial charge in [-0.3, -0.25) is 9.69 Å². The van der Waals surface area contributed by atoms with Gasteiger partial charge in [0.15, 0.2) is 11.5 Å². The number of carbonyl (C=O) groups excluding carboxylic acids is 1. The fourth-order valence-corrected chi connectivity index (χ4v) is 4.01. The van der Waals surface area contributed by atoms with Crippen molar-refractivity contribution in [3.63, 3.8) is 0 Å². The van der Waals surface area contributed by atoms with E-state index < -0.39 is 5.41 Å². The normalized spacial score (nSPS) is 18.8. The maximum absolute atomic E-state index is 12.5. The molecule has 0 fully saturated rings. The molecule has 1 aliphatic heterocycles. The summed E-state index contributed by atoms with van der Waals surface area (Å²) in [5.41, 5.74) is 5.09. The Bertz CT molecular complexity index is 895. The number of likely N-dealkylation sites (N-methyl/N-ethyl adjacent to an activating group) is 1. The highest BCUT2D eigenvalue weighted by atomic mass is 16.5. The van der Waals surface area contributed by atoms with E-state index in [1.54, 1.807) is 6.07 Å². The molecule has 0 radical (unpaired) electrons. The van der Waals surface area contributed by atoms with Gasteiger partial charge < -0.3 is 9.84 Å². The Kier molecular flexibility index (Phi) is 3.85. The molecule has 1 N–H and O–H groups in total. The number of benzene rings is 2. The van der Waals surface area contributed by atoms with Gasteiger partial charge >= 0.3 is 5.97 Å². The highest BCUT2D eigenvalue weighted by molar-refractivity contribution is 5.87. The monoisotopic (exact) mass is 351 g/mol. The Labute approximate surface area is 154 Å². The lowest BCUT2D eigenvalue weighted by Crippen LogP contribution is -2.35. The lowest BCUT2D eigenvalue weighted by atomic mass is 9.77. The van der Waals surface area contributed by atoms with E-state index in [9.17, 15) is 9.90 Å². The molecule has 0 bridgehead atoms. The molecule has 1 atom stereocenters. The number of rotatable bonds is 1. The van der Waals surface area contributed by atoms with E-state index in [1.165, 1.54) is 11.1 Å². The molecular weight excluding hydrogens is 326 g/mol. The van der Waals surface area contributed by atoms with Gasteiger partial charge in [0, 0.05) is 18.2 Å². The molecule has 0 saturated carbocycles. The summed E-state index contributed by atoms with van der Waals surface area (Å²) < 4.78 is 5.72. The second-order valence-corrected chi connectivity index (χ2v) is 8.42. The molecule has 4 rings (SSSR count). The molecule has 4 nitrogen and oxygen atoms in total.